The van der Waals surface area contributed by atoms with Gasteiger partial charge in [-0.05, 0) is 37.1 Å². The molecule has 1 unspecified atom stereocenters. The van der Waals surface area contributed by atoms with Gasteiger partial charge in [0, 0.05) is 25.3 Å². The highest BCUT2D eigenvalue weighted by molar-refractivity contribution is 7.91. The van der Waals surface area contributed by atoms with E-state index in [1.54, 1.807) is 12.1 Å². The highest BCUT2D eigenvalue weighted by Gasteiger charge is 2.21. The van der Waals surface area contributed by atoms with Gasteiger partial charge in [0.1, 0.15) is 9.92 Å². The zero-order chi connectivity index (χ0) is 14.5. The van der Waals surface area contributed by atoms with Gasteiger partial charge in [-0.1, -0.05) is 20.8 Å². The average Bonchev–Trinajstić information content (AvgIpc) is 2.36. The summed E-state index contributed by atoms with van der Waals surface area (Å²) in [6, 6.07) is 7.20. The lowest BCUT2D eigenvalue weighted by atomic mass is 10.2. The number of anilines is 1. The molecule has 0 spiro atoms. The van der Waals surface area contributed by atoms with E-state index >= 15 is 0 Å². The smallest absolute Gasteiger partial charge is 0.139 e. The number of hydrogen-bond acceptors (Lipinski definition) is 3. The molecule has 1 aromatic rings. The molecule has 1 aromatic carbocycles. The summed E-state index contributed by atoms with van der Waals surface area (Å²) in [4.78, 5) is 0.742. The third-order valence-corrected chi connectivity index (χ3v) is 5.36. The van der Waals surface area contributed by atoms with Crippen LogP contribution in [-0.4, -0.2) is 28.1 Å². The molecular weight excluding hydrogens is 258 g/mol. The number of nitrogens with zero attached hydrogens (tertiary/aromatic N) is 2. The van der Waals surface area contributed by atoms with E-state index in [2.05, 4.69) is 18.2 Å². The number of benzene rings is 1. The normalized spacial score (nSPS) is 14.6. The van der Waals surface area contributed by atoms with Crippen molar-refractivity contribution in [3.05, 3.63) is 24.3 Å². The molecule has 0 aromatic heterocycles. The van der Waals surface area contributed by atoms with E-state index in [0.29, 0.717) is 24.7 Å². The molecule has 0 amide bonds. The van der Waals surface area contributed by atoms with E-state index in [4.69, 9.17) is 5.73 Å². The number of nitrogens with two attached hydrogens (primary N) is 1. The Bertz CT molecular complexity index is 502. The Labute approximate surface area is 117 Å². The van der Waals surface area contributed by atoms with Gasteiger partial charge in [0.25, 0.3) is 0 Å². The summed E-state index contributed by atoms with van der Waals surface area (Å²) in [7, 11) is -2.52. The number of nitrogen functional groups attached to an aromatic ring is 1. The minimum absolute atomic E-state index is 0.446. The van der Waals surface area contributed by atoms with E-state index in [-0.39, 0.29) is 0 Å². The molecule has 0 aliphatic rings. The first-order valence-electron chi connectivity index (χ1n) is 6.77. The van der Waals surface area contributed by atoms with Crippen molar-refractivity contribution in [3.63, 3.8) is 0 Å². The Kier molecular flexibility index (Phi) is 5.82. The van der Waals surface area contributed by atoms with Gasteiger partial charge in [-0.2, -0.15) is 0 Å². The molecule has 1 rings (SSSR count). The maximum Gasteiger partial charge on any atom is 0.139 e. The van der Waals surface area contributed by atoms with Crippen LogP contribution in [-0.2, 0) is 9.92 Å². The Balaban J connectivity index is 3.27. The molecule has 0 saturated carbocycles. The van der Waals surface area contributed by atoms with E-state index in [1.165, 1.54) is 0 Å². The van der Waals surface area contributed by atoms with Crippen LogP contribution in [0.1, 0.15) is 27.7 Å². The van der Waals surface area contributed by atoms with Crippen LogP contribution >= 0.6 is 0 Å². The minimum atomic E-state index is -2.52. The summed E-state index contributed by atoms with van der Waals surface area (Å²) in [5, 5.41) is 0. The molecule has 19 heavy (non-hydrogen) atoms. The summed E-state index contributed by atoms with van der Waals surface area (Å²) < 4.78 is 19.6. The molecular formula is C14H25N3OS. The molecule has 0 fully saturated rings. The van der Waals surface area contributed by atoms with Crippen LogP contribution in [0.15, 0.2) is 33.5 Å². The van der Waals surface area contributed by atoms with Gasteiger partial charge in [-0.3, -0.25) is 0 Å². The molecule has 0 heterocycles. The van der Waals surface area contributed by atoms with Crippen molar-refractivity contribution in [1.29, 1.82) is 0 Å². The zero-order valence-electron chi connectivity index (χ0n) is 12.3. The average molecular weight is 283 g/mol. The second-order valence-electron chi connectivity index (χ2n) is 4.89. The molecule has 0 bridgehead atoms. The summed E-state index contributed by atoms with van der Waals surface area (Å²) in [6.07, 6.45) is 0. The van der Waals surface area contributed by atoms with Crippen molar-refractivity contribution < 1.29 is 4.21 Å². The lowest BCUT2D eigenvalue weighted by Crippen LogP contribution is -2.34. The van der Waals surface area contributed by atoms with Crippen molar-refractivity contribution in [2.75, 3.05) is 25.4 Å². The fourth-order valence-electron chi connectivity index (χ4n) is 1.94. The SMILES string of the molecule is CCN=S(=O)(c1ccc(N)cc1)N(CC)CC(C)C. The Hall–Kier alpha value is -1.07. The molecule has 0 aliphatic carbocycles. The lowest BCUT2D eigenvalue weighted by molar-refractivity contribution is 0.399. The molecule has 0 aliphatic heterocycles. The summed E-state index contributed by atoms with van der Waals surface area (Å²) in [6.45, 7) is 10.2. The predicted octanol–water partition coefficient (Wildman–Crippen LogP) is 3.01. The number of rotatable bonds is 6. The minimum Gasteiger partial charge on any atom is -0.399 e. The van der Waals surface area contributed by atoms with Gasteiger partial charge in [0.05, 0.1) is 4.90 Å². The third kappa shape index (κ3) is 3.94. The van der Waals surface area contributed by atoms with Crippen LogP contribution in [0, 0.1) is 5.92 Å². The molecule has 5 heteroatoms. The van der Waals surface area contributed by atoms with E-state index in [0.717, 1.165) is 11.4 Å². The summed E-state index contributed by atoms with van der Waals surface area (Å²) >= 11 is 0. The summed E-state index contributed by atoms with van der Waals surface area (Å²) in [5.41, 5.74) is 6.37. The third-order valence-electron chi connectivity index (χ3n) is 2.76. The Morgan fingerprint density at radius 3 is 2.26 bits per heavy atom. The Morgan fingerprint density at radius 2 is 1.84 bits per heavy atom. The molecule has 0 radical (unpaired) electrons. The largest absolute Gasteiger partial charge is 0.399 e. The summed E-state index contributed by atoms with van der Waals surface area (Å²) in [5.74, 6) is 0.446. The van der Waals surface area contributed by atoms with Gasteiger partial charge < -0.3 is 5.73 Å². The van der Waals surface area contributed by atoms with Crippen LogP contribution in [0.25, 0.3) is 0 Å². The molecule has 4 nitrogen and oxygen atoms in total. The van der Waals surface area contributed by atoms with Gasteiger partial charge in [0.15, 0.2) is 0 Å². The Morgan fingerprint density at radius 1 is 1.26 bits per heavy atom. The van der Waals surface area contributed by atoms with Crippen molar-refractivity contribution in [1.82, 2.24) is 4.31 Å². The van der Waals surface area contributed by atoms with Gasteiger partial charge in [0.2, 0.25) is 0 Å². The standard InChI is InChI=1S/C14H25N3OS/c1-5-16-19(18,17(6-2)11-12(3)4)14-9-7-13(15)8-10-14/h7-10,12H,5-6,11,15H2,1-4H3. The highest BCUT2D eigenvalue weighted by Crippen LogP contribution is 2.21. The second-order valence-corrected chi connectivity index (χ2v) is 7.12. The van der Waals surface area contributed by atoms with Crippen LogP contribution in [0.4, 0.5) is 5.69 Å². The van der Waals surface area contributed by atoms with Crippen molar-refractivity contribution in [3.8, 4) is 0 Å². The van der Waals surface area contributed by atoms with Crippen LogP contribution < -0.4 is 5.73 Å². The topological polar surface area (TPSA) is 58.7 Å². The second kappa shape index (κ2) is 6.91. The maximum absolute atomic E-state index is 13.3. The molecule has 0 saturated heterocycles. The lowest BCUT2D eigenvalue weighted by Gasteiger charge is -2.26. The first-order valence-corrected chi connectivity index (χ1v) is 8.24. The van der Waals surface area contributed by atoms with Gasteiger partial charge in [-0.15, -0.1) is 0 Å². The van der Waals surface area contributed by atoms with Gasteiger partial charge in [-0.25, -0.2) is 12.9 Å². The van der Waals surface area contributed by atoms with Crippen molar-refractivity contribution in [2.45, 2.75) is 32.6 Å². The quantitative estimate of drug-likeness (QED) is 0.816. The van der Waals surface area contributed by atoms with Gasteiger partial charge >= 0.3 is 0 Å². The number of hydrogen-bond donors (Lipinski definition) is 1. The van der Waals surface area contributed by atoms with E-state index in [1.807, 2.05) is 30.3 Å². The first-order chi connectivity index (χ1) is 8.93. The highest BCUT2D eigenvalue weighted by atomic mass is 32.2. The monoisotopic (exact) mass is 283 g/mol. The van der Waals surface area contributed by atoms with Crippen molar-refractivity contribution in [2.24, 2.45) is 10.3 Å². The van der Waals surface area contributed by atoms with Crippen LogP contribution in [0.5, 0.6) is 0 Å². The predicted molar refractivity (Wildman–Crippen MR) is 82.3 cm³/mol. The first kappa shape index (κ1) is 16.0. The fraction of sp³-hybridized carbons (Fsp3) is 0.571. The molecule has 108 valence electrons. The van der Waals surface area contributed by atoms with Crippen LogP contribution in [0.2, 0.25) is 0 Å². The molecule has 2 N–H and O–H groups in total. The van der Waals surface area contributed by atoms with Crippen LogP contribution in [0.3, 0.4) is 0 Å². The zero-order valence-corrected chi connectivity index (χ0v) is 13.1. The van der Waals surface area contributed by atoms with E-state index < -0.39 is 9.92 Å². The fourth-order valence-corrected chi connectivity index (χ4v) is 4.24. The van der Waals surface area contributed by atoms with E-state index in [9.17, 15) is 4.21 Å². The van der Waals surface area contributed by atoms with Crippen molar-refractivity contribution >= 4 is 15.6 Å². The maximum atomic E-state index is 13.3. The molecule has 1 atom stereocenters.